The molecule has 0 fully saturated rings. The molecular formula is C17H16O5. The molecule has 0 aliphatic carbocycles. The molecule has 1 N–H and O–H groups in total. The first-order chi connectivity index (χ1) is 10.6. The van der Waals surface area contributed by atoms with Crippen LogP contribution in [0.1, 0.15) is 39.5 Å². The van der Waals surface area contributed by atoms with Crippen molar-refractivity contribution < 1.29 is 24.2 Å². The van der Waals surface area contributed by atoms with Gasteiger partial charge >= 0.3 is 11.9 Å². The molecule has 1 atom stereocenters. The Kier molecular flexibility index (Phi) is 5.27. The molecule has 2 rings (SSSR count). The molecule has 0 radical (unpaired) electrons. The lowest BCUT2D eigenvalue weighted by molar-refractivity contribution is -0.110. The van der Waals surface area contributed by atoms with Crippen LogP contribution in [0.25, 0.3) is 0 Å². The average molecular weight is 300 g/mol. The molecule has 0 aromatic heterocycles. The molecular weight excluding hydrogens is 284 g/mol. The number of hydrogen-bond donors (Lipinski definition) is 1. The van der Waals surface area contributed by atoms with Crippen molar-refractivity contribution in [2.24, 2.45) is 0 Å². The topological polar surface area (TPSA) is 72.8 Å². The van der Waals surface area contributed by atoms with Crippen LogP contribution in [0.3, 0.4) is 0 Å². The highest BCUT2D eigenvalue weighted by Crippen LogP contribution is 2.21. The van der Waals surface area contributed by atoms with Crippen molar-refractivity contribution in [1.29, 1.82) is 0 Å². The van der Waals surface area contributed by atoms with Crippen molar-refractivity contribution in [1.82, 2.24) is 0 Å². The second-order valence-corrected chi connectivity index (χ2v) is 4.45. The average Bonchev–Trinajstić information content (AvgIpc) is 2.55. The smallest absolute Gasteiger partial charge is 0.341 e. The van der Waals surface area contributed by atoms with E-state index in [2.05, 4.69) is 0 Å². The lowest BCUT2D eigenvalue weighted by Crippen LogP contribution is -2.17. The van der Waals surface area contributed by atoms with Gasteiger partial charge in [-0.15, -0.1) is 0 Å². The minimum absolute atomic E-state index is 0.00404. The normalized spacial score (nSPS) is 11.7. The first-order valence-electron chi connectivity index (χ1n) is 6.83. The van der Waals surface area contributed by atoms with Crippen LogP contribution < -0.4 is 0 Å². The van der Waals surface area contributed by atoms with Crippen LogP contribution in [0.4, 0.5) is 0 Å². The van der Waals surface area contributed by atoms with Gasteiger partial charge in [0.2, 0.25) is 6.29 Å². The molecule has 0 saturated carbocycles. The van der Waals surface area contributed by atoms with Gasteiger partial charge in [-0.1, -0.05) is 42.5 Å². The summed E-state index contributed by atoms with van der Waals surface area (Å²) in [7, 11) is 0. The van der Waals surface area contributed by atoms with E-state index in [9.17, 15) is 9.59 Å². The Morgan fingerprint density at radius 3 is 2.18 bits per heavy atom. The van der Waals surface area contributed by atoms with E-state index in [1.165, 1.54) is 12.1 Å². The highest BCUT2D eigenvalue weighted by Gasteiger charge is 2.22. The van der Waals surface area contributed by atoms with Gasteiger partial charge in [-0.05, 0) is 19.1 Å². The summed E-state index contributed by atoms with van der Waals surface area (Å²) in [5, 5.41) is 9.13. The van der Waals surface area contributed by atoms with Crippen LogP contribution in [0.2, 0.25) is 0 Å². The summed E-state index contributed by atoms with van der Waals surface area (Å²) in [6, 6.07) is 14.9. The van der Waals surface area contributed by atoms with Crippen LogP contribution in [-0.4, -0.2) is 23.7 Å². The Hall–Kier alpha value is -2.66. The van der Waals surface area contributed by atoms with E-state index < -0.39 is 18.2 Å². The molecule has 0 aliphatic heterocycles. The van der Waals surface area contributed by atoms with Gasteiger partial charge in [0.25, 0.3) is 0 Å². The van der Waals surface area contributed by atoms with E-state index in [-0.39, 0.29) is 11.1 Å². The fraction of sp³-hybridized carbons (Fsp3) is 0.176. The fourth-order valence-corrected chi connectivity index (χ4v) is 1.97. The van der Waals surface area contributed by atoms with Crippen molar-refractivity contribution in [2.75, 3.05) is 6.61 Å². The fourth-order valence-electron chi connectivity index (χ4n) is 1.97. The number of carbonyl (C=O) groups is 2. The second kappa shape index (κ2) is 7.38. The minimum atomic E-state index is -1.18. The van der Waals surface area contributed by atoms with Crippen LogP contribution in [0.5, 0.6) is 0 Å². The van der Waals surface area contributed by atoms with Gasteiger partial charge in [0.1, 0.15) is 0 Å². The molecule has 0 amide bonds. The van der Waals surface area contributed by atoms with Gasteiger partial charge in [-0.2, -0.15) is 0 Å². The van der Waals surface area contributed by atoms with E-state index in [4.69, 9.17) is 14.6 Å². The quantitative estimate of drug-likeness (QED) is 0.654. The van der Waals surface area contributed by atoms with Gasteiger partial charge in [0.15, 0.2) is 0 Å². The SMILES string of the molecule is CCOC(OC(=O)c1ccccc1C(=O)O)c1ccccc1. The number of esters is 1. The Labute approximate surface area is 128 Å². The molecule has 114 valence electrons. The van der Waals surface area contributed by atoms with E-state index >= 15 is 0 Å². The molecule has 2 aromatic carbocycles. The summed E-state index contributed by atoms with van der Waals surface area (Å²) in [6.07, 6.45) is -0.874. The van der Waals surface area contributed by atoms with Gasteiger partial charge in [-0.25, -0.2) is 9.59 Å². The van der Waals surface area contributed by atoms with Gasteiger partial charge in [-0.3, -0.25) is 0 Å². The third-order valence-electron chi connectivity index (χ3n) is 2.98. The first-order valence-corrected chi connectivity index (χ1v) is 6.83. The van der Waals surface area contributed by atoms with Crippen molar-refractivity contribution in [3.05, 3.63) is 71.3 Å². The summed E-state index contributed by atoms with van der Waals surface area (Å²) < 4.78 is 10.8. The monoisotopic (exact) mass is 300 g/mol. The van der Waals surface area contributed by atoms with Crippen LogP contribution >= 0.6 is 0 Å². The lowest BCUT2D eigenvalue weighted by atomic mass is 10.1. The first kappa shape index (κ1) is 15.7. The molecule has 1 unspecified atom stereocenters. The number of hydrogen-bond acceptors (Lipinski definition) is 4. The number of benzene rings is 2. The predicted molar refractivity (Wildman–Crippen MR) is 79.6 cm³/mol. The largest absolute Gasteiger partial charge is 0.478 e. The predicted octanol–water partition coefficient (Wildman–Crippen LogP) is 3.28. The van der Waals surface area contributed by atoms with E-state index in [0.717, 1.165) is 0 Å². The molecule has 22 heavy (non-hydrogen) atoms. The number of ether oxygens (including phenoxy) is 2. The van der Waals surface area contributed by atoms with Crippen molar-refractivity contribution >= 4 is 11.9 Å². The molecule has 2 aromatic rings. The lowest BCUT2D eigenvalue weighted by Gasteiger charge is -2.18. The number of carbonyl (C=O) groups excluding carboxylic acids is 1. The molecule has 5 heteroatoms. The maximum atomic E-state index is 12.3. The summed E-state index contributed by atoms with van der Waals surface area (Å²) in [5.41, 5.74) is 0.581. The maximum Gasteiger partial charge on any atom is 0.341 e. The summed E-state index contributed by atoms with van der Waals surface area (Å²) in [5.74, 6) is -1.92. The van der Waals surface area contributed by atoms with Crippen molar-refractivity contribution in [2.45, 2.75) is 13.2 Å². The number of rotatable bonds is 6. The number of aromatic carboxylic acids is 1. The Morgan fingerprint density at radius 2 is 1.59 bits per heavy atom. The zero-order chi connectivity index (χ0) is 15.9. The Balaban J connectivity index is 2.24. The van der Waals surface area contributed by atoms with Crippen LogP contribution in [0.15, 0.2) is 54.6 Å². The van der Waals surface area contributed by atoms with E-state index in [1.807, 2.05) is 6.07 Å². The summed E-state index contributed by atoms with van der Waals surface area (Å²) in [4.78, 5) is 23.4. The minimum Gasteiger partial charge on any atom is -0.478 e. The van der Waals surface area contributed by atoms with Crippen molar-refractivity contribution in [3.63, 3.8) is 0 Å². The molecule has 5 nitrogen and oxygen atoms in total. The maximum absolute atomic E-state index is 12.3. The molecule has 0 aliphatic rings. The zero-order valence-electron chi connectivity index (χ0n) is 12.1. The highest BCUT2D eigenvalue weighted by molar-refractivity contribution is 6.02. The zero-order valence-corrected chi connectivity index (χ0v) is 12.1. The van der Waals surface area contributed by atoms with E-state index in [1.54, 1.807) is 43.3 Å². The molecule has 0 bridgehead atoms. The number of carboxylic acid groups (broad SMARTS) is 1. The van der Waals surface area contributed by atoms with Gasteiger partial charge in [0, 0.05) is 12.2 Å². The third kappa shape index (κ3) is 3.71. The van der Waals surface area contributed by atoms with Crippen LogP contribution in [0, 0.1) is 0 Å². The molecule has 0 saturated heterocycles. The highest BCUT2D eigenvalue weighted by atomic mass is 16.7. The summed E-state index contributed by atoms with van der Waals surface area (Å²) >= 11 is 0. The van der Waals surface area contributed by atoms with Gasteiger partial charge < -0.3 is 14.6 Å². The Morgan fingerprint density at radius 1 is 1.00 bits per heavy atom. The Bertz CT molecular complexity index is 651. The second-order valence-electron chi connectivity index (χ2n) is 4.45. The standard InChI is InChI=1S/C17H16O5/c1-2-21-17(12-8-4-3-5-9-12)22-16(20)14-11-7-6-10-13(14)15(18)19/h3-11,17H,2H2,1H3,(H,18,19). The van der Waals surface area contributed by atoms with Crippen LogP contribution in [-0.2, 0) is 9.47 Å². The summed E-state index contributed by atoms with van der Waals surface area (Å²) in [6.45, 7) is 2.14. The molecule has 0 spiro atoms. The van der Waals surface area contributed by atoms with E-state index in [0.29, 0.717) is 12.2 Å². The van der Waals surface area contributed by atoms with Crippen molar-refractivity contribution in [3.8, 4) is 0 Å². The third-order valence-corrected chi connectivity index (χ3v) is 2.98. The van der Waals surface area contributed by atoms with Gasteiger partial charge in [0.05, 0.1) is 11.1 Å². The number of carboxylic acids is 1. The molecule has 0 heterocycles.